The Labute approximate surface area is 229 Å². The van der Waals surface area contributed by atoms with Crippen LogP contribution in [0.5, 0.6) is 0 Å². The van der Waals surface area contributed by atoms with E-state index in [0.717, 1.165) is 10.6 Å². The molecule has 11 nitrogen and oxygen atoms in total. The summed E-state index contributed by atoms with van der Waals surface area (Å²) in [6.07, 6.45) is -1.31. The number of pyridine rings is 1. The van der Waals surface area contributed by atoms with Gasteiger partial charge in [0.1, 0.15) is 17.2 Å². The summed E-state index contributed by atoms with van der Waals surface area (Å²) in [5.41, 5.74) is -1.04. The fourth-order valence-corrected chi connectivity index (χ4v) is 3.90. The highest BCUT2D eigenvalue weighted by atomic mass is 32.2. The number of halogens is 3. The van der Waals surface area contributed by atoms with Crippen LogP contribution in [0.1, 0.15) is 41.8 Å². The molecule has 1 amide bonds. The molecule has 0 saturated heterocycles. The van der Waals surface area contributed by atoms with Crippen molar-refractivity contribution in [3.8, 4) is 0 Å². The van der Waals surface area contributed by atoms with Crippen LogP contribution in [0.2, 0.25) is 0 Å². The molecule has 0 radical (unpaired) electrons. The summed E-state index contributed by atoms with van der Waals surface area (Å²) in [6, 6.07) is 9.24. The quantitative estimate of drug-likeness (QED) is 0.267. The van der Waals surface area contributed by atoms with Gasteiger partial charge in [0.05, 0.1) is 18.4 Å². The maximum absolute atomic E-state index is 13.7. The number of nitrogens with one attached hydrogen (secondary N) is 3. The van der Waals surface area contributed by atoms with Crippen molar-refractivity contribution in [2.45, 2.75) is 38.5 Å². The number of aliphatic hydroxyl groups excluding tert-OH is 1. The van der Waals surface area contributed by atoms with Crippen LogP contribution >= 0.6 is 0 Å². The molecule has 3 aromatic rings. The van der Waals surface area contributed by atoms with E-state index in [0.29, 0.717) is 23.9 Å². The Kier molecular flexibility index (Phi) is 9.20. The second kappa shape index (κ2) is 12.0. The summed E-state index contributed by atoms with van der Waals surface area (Å²) >= 11 is 0. The number of carbonyl (C=O) groups is 1. The largest absolute Gasteiger partial charge is 0.421 e. The maximum atomic E-state index is 13.7. The van der Waals surface area contributed by atoms with Gasteiger partial charge in [-0.25, -0.2) is 18.4 Å². The van der Waals surface area contributed by atoms with Crippen LogP contribution in [0.15, 0.2) is 48.8 Å². The molecule has 40 heavy (non-hydrogen) atoms. The number of rotatable bonds is 11. The lowest BCUT2D eigenvalue weighted by Gasteiger charge is -2.27. The molecular formula is C25H30F3N7O4S. The minimum Gasteiger partial charge on any atom is -0.394 e. The Morgan fingerprint density at radius 2 is 1.88 bits per heavy atom. The van der Waals surface area contributed by atoms with Gasteiger partial charge < -0.3 is 21.1 Å². The third-order valence-corrected chi connectivity index (χ3v) is 7.30. The summed E-state index contributed by atoms with van der Waals surface area (Å²) in [5, 5.41) is 17.7. The van der Waals surface area contributed by atoms with E-state index >= 15 is 0 Å². The van der Waals surface area contributed by atoms with Gasteiger partial charge in [0.15, 0.2) is 0 Å². The van der Waals surface area contributed by atoms with Crippen molar-refractivity contribution in [3.05, 3.63) is 65.5 Å². The first-order valence-corrected chi connectivity index (χ1v) is 13.9. The molecule has 216 valence electrons. The molecule has 0 aliphatic carbocycles. The Morgan fingerprint density at radius 3 is 2.50 bits per heavy atom. The van der Waals surface area contributed by atoms with Crippen LogP contribution in [0.25, 0.3) is 0 Å². The third kappa shape index (κ3) is 7.57. The minimum absolute atomic E-state index is 0.0499. The summed E-state index contributed by atoms with van der Waals surface area (Å²) in [5.74, 6) is -1.11. The van der Waals surface area contributed by atoms with E-state index in [1.165, 1.54) is 31.4 Å². The number of sulfonamides is 1. The van der Waals surface area contributed by atoms with E-state index in [1.54, 1.807) is 25.1 Å². The van der Waals surface area contributed by atoms with Crippen LogP contribution in [-0.2, 0) is 22.7 Å². The summed E-state index contributed by atoms with van der Waals surface area (Å²) in [6.45, 7) is 3.04. The molecule has 2 aromatic heterocycles. The van der Waals surface area contributed by atoms with Crippen molar-refractivity contribution in [3.63, 3.8) is 0 Å². The molecular weight excluding hydrogens is 551 g/mol. The third-order valence-electron chi connectivity index (χ3n) is 6.13. The zero-order valence-electron chi connectivity index (χ0n) is 22.2. The average Bonchev–Trinajstić information content (AvgIpc) is 2.90. The number of benzene rings is 1. The van der Waals surface area contributed by atoms with Gasteiger partial charge in [-0.2, -0.15) is 18.2 Å². The van der Waals surface area contributed by atoms with Crippen molar-refractivity contribution in [1.82, 2.24) is 20.3 Å². The van der Waals surface area contributed by atoms with Crippen molar-refractivity contribution < 1.29 is 31.5 Å². The smallest absolute Gasteiger partial charge is 0.394 e. The summed E-state index contributed by atoms with van der Waals surface area (Å²) in [4.78, 5) is 24.5. The number of carbonyl (C=O) groups excluding carboxylic acids is 1. The monoisotopic (exact) mass is 581 g/mol. The van der Waals surface area contributed by atoms with Gasteiger partial charge in [-0.1, -0.05) is 19.1 Å². The minimum atomic E-state index is -4.78. The average molecular weight is 582 g/mol. The van der Waals surface area contributed by atoms with E-state index in [9.17, 15) is 31.5 Å². The van der Waals surface area contributed by atoms with Gasteiger partial charge in [0, 0.05) is 42.8 Å². The molecule has 1 atom stereocenters. The first-order chi connectivity index (χ1) is 18.7. The van der Waals surface area contributed by atoms with E-state index < -0.39 is 39.0 Å². The highest BCUT2D eigenvalue weighted by Crippen LogP contribution is 2.34. The molecule has 0 aliphatic rings. The van der Waals surface area contributed by atoms with Gasteiger partial charge in [-0.15, -0.1) is 0 Å². The zero-order chi connectivity index (χ0) is 29.7. The van der Waals surface area contributed by atoms with Crippen LogP contribution in [0.3, 0.4) is 0 Å². The number of alkyl halides is 3. The molecule has 3 rings (SSSR count). The molecule has 0 aliphatic heterocycles. The molecule has 0 unspecified atom stereocenters. The number of nitrogens with zero attached hydrogens (tertiary/aromatic N) is 4. The Morgan fingerprint density at radius 1 is 1.15 bits per heavy atom. The first-order valence-electron chi connectivity index (χ1n) is 12.0. The van der Waals surface area contributed by atoms with Crippen molar-refractivity contribution >= 4 is 39.2 Å². The maximum Gasteiger partial charge on any atom is 0.421 e. The van der Waals surface area contributed by atoms with Gasteiger partial charge >= 0.3 is 6.18 Å². The lowest BCUT2D eigenvalue weighted by Crippen LogP contribution is -2.48. The molecule has 2 heterocycles. The fraction of sp³-hybridized carbons (Fsp3) is 0.360. The lowest BCUT2D eigenvalue weighted by molar-refractivity contribution is -0.137. The van der Waals surface area contributed by atoms with Crippen LogP contribution < -0.4 is 20.3 Å². The van der Waals surface area contributed by atoms with E-state index in [4.69, 9.17) is 0 Å². The summed E-state index contributed by atoms with van der Waals surface area (Å²) in [7, 11) is -2.38. The SMILES string of the molecule is CC[C@@](C)(CO)NC(=O)c1cccc(Nc2ncc(C(F)(F)F)c(NCc3cccnc3N(C)S(C)(=O)=O)n2)c1. The number of amides is 1. The van der Waals surface area contributed by atoms with Gasteiger partial charge in [0.25, 0.3) is 5.91 Å². The molecule has 0 saturated carbocycles. The number of anilines is 4. The van der Waals surface area contributed by atoms with Crippen molar-refractivity contribution in [2.24, 2.45) is 0 Å². The van der Waals surface area contributed by atoms with Gasteiger partial charge in [-0.05, 0) is 37.6 Å². The molecule has 0 bridgehead atoms. The normalized spacial score (nSPS) is 13.3. The second-order valence-electron chi connectivity index (χ2n) is 9.26. The van der Waals surface area contributed by atoms with E-state index in [2.05, 4.69) is 30.9 Å². The molecule has 15 heteroatoms. The molecule has 1 aromatic carbocycles. The van der Waals surface area contributed by atoms with Crippen molar-refractivity contribution in [2.75, 3.05) is 34.8 Å². The van der Waals surface area contributed by atoms with Crippen LogP contribution in [0.4, 0.5) is 36.4 Å². The van der Waals surface area contributed by atoms with E-state index in [1.807, 2.05) is 6.92 Å². The highest BCUT2D eigenvalue weighted by molar-refractivity contribution is 7.92. The molecule has 4 N–H and O–H groups in total. The highest BCUT2D eigenvalue weighted by Gasteiger charge is 2.35. The Hall–Kier alpha value is -3.98. The van der Waals surface area contributed by atoms with Crippen LogP contribution in [0, 0.1) is 0 Å². The predicted molar refractivity (Wildman–Crippen MR) is 145 cm³/mol. The van der Waals surface area contributed by atoms with Gasteiger partial charge in [-0.3, -0.25) is 9.10 Å². The van der Waals surface area contributed by atoms with Gasteiger partial charge in [0.2, 0.25) is 16.0 Å². The topological polar surface area (TPSA) is 149 Å². The standard InChI is InChI=1S/C25H30F3N7O4S/c1-5-24(2,15-36)34-22(37)16-8-6-10-18(12-16)32-23-31-14-19(25(26,27)28)20(33-23)30-13-17-9-7-11-29-21(17)35(3)40(4,38)39/h6-12,14,36H,5,13,15H2,1-4H3,(H,34,37)(H2,30,31,32,33)/t24-/m0/s1. The number of aromatic nitrogens is 3. The lowest BCUT2D eigenvalue weighted by atomic mass is 9.99. The second-order valence-corrected chi connectivity index (χ2v) is 11.3. The number of hydrogen-bond donors (Lipinski definition) is 4. The zero-order valence-corrected chi connectivity index (χ0v) is 23.1. The Balaban J connectivity index is 1.88. The summed E-state index contributed by atoms with van der Waals surface area (Å²) < 4.78 is 66.1. The fourth-order valence-electron chi connectivity index (χ4n) is 3.43. The van der Waals surface area contributed by atoms with E-state index in [-0.39, 0.29) is 30.5 Å². The first kappa shape index (κ1) is 30.6. The molecule has 0 fully saturated rings. The molecule has 0 spiro atoms. The van der Waals surface area contributed by atoms with Crippen LogP contribution in [-0.4, -0.2) is 59.8 Å². The Bertz CT molecular complexity index is 1460. The predicted octanol–water partition coefficient (Wildman–Crippen LogP) is 3.53. The van der Waals surface area contributed by atoms with Crippen molar-refractivity contribution in [1.29, 1.82) is 0 Å². The number of hydrogen-bond acceptors (Lipinski definition) is 9. The number of aliphatic hydroxyl groups is 1.